The van der Waals surface area contributed by atoms with E-state index in [2.05, 4.69) is 22.1 Å². The standard InChI is InChI=1S/C30H24N4O3S/c1-33-27-18-32-26-12-7-19(21-15-20-5-3-4-6-25(20)31-17-21)16-24(26)28(27)34(29(33)35)23-10-8-22(9-11-23)30(13-14-30)38(2,36)37/h3-12,15-18H,13-14H2,1-2H3. The number of sulfone groups is 1. The van der Waals surface area contributed by atoms with Crippen molar-refractivity contribution in [3.05, 3.63) is 101 Å². The van der Waals surface area contributed by atoms with Crippen molar-refractivity contribution in [2.75, 3.05) is 6.26 Å². The summed E-state index contributed by atoms with van der Waals surface area (Å²) in [5, 5.41) is 1.91. The molecule has 0 N–H and O–H groups in total. The predicted octanol–water partition coefficient (Wildman–Crippen LogP) is 5.13. The van der Waals surface area contributed by atoms with Gasteiger partial charge in [0.25, 0.3) is 0 Å². The Balaban J connectivity index is 1.43. The maximum atomic E-state index is 13.5. The van der Waals surface area contributed by atoms with Crippen LogP contribution in [0.1, 0.15) is 18.4 Å². The molecule has 1 saturated carbocycles. The van der Waals surface area contributed by atoms with Crippen LogP contribution in [-0.4, -0.2) is 33.8 Å². The number of nitrogens with zero attached hydrogens (tertiary/aromatic N) is 4. The van der Waals surface area contributed by atoms with E-state index in [0.717, 1.165) is 49.5 Å². The minimum atomic E-state index is -3.22. The number of fused-ring (bicyclic) bond motifs is 4. The molecule has 1 aliphatic rings. The average molecular weight is 521 g/mol. The summed E-state index contributed by atoms with van der Waals surface area (Å²) >= 11 is 0. The molecule has 0 spiro atoms. The van der Waals surface area contributed by atoms with Crippen molar-refractivity contribution in [3.8, 4) is 16.8 Å². The van der Waals surface area contributed by atoms with Crippen LogP contribution in [0, 0.1) is 0 Å². The second-order valence-corrected chi connectivity index (χ2v) is 12.5. The first kappa shape index (κ1) is 22.9. The molecule has 0 saturated heterocycles. The Morgan fingerprint density at radius 1 is 0.842 bits per heavy atom. The van der Waals surface area contributed by atoms with Crippen molar-refractivity contribution in [3.63, 3.8) is 0 Å². The quantitative estimate of drug-likeness (QED) is 0.322. The summed E-state index contributed by atoms with van der Waals surface area (Å²) < 4.78 is 27.3. The number of rotatable bonds is 4. The van der Waals surface area contributed by atoms with E-state index in [1.165, 1.54) is 6.26 Å². The zero-order valence-electron chi connectivity index (χ0n) is 20.9. The monoisotopic (exact) mass is 520 g/mol. The molecule has 0 atom stereocenters. The van der Waals surface area contributed by atoms with Crippen LogP contribution < -0.4 is 5.69 Å². The Labute approximate surface area is 218 Å². The number of hydrogen-bond acceptors (Lipinski definition) is 5. The number of hydrogen-bond donors (Lipinski definition) is 0. The van der Waals surface area contributed by atoms with Crippen LogP contribution in [0.15, 0.2) is 90.0 Å². The van der Waals surface area contributed by atoms with Crippen LogP contribution in [0.5, 0.6) is 0 Å². The summed E-state index contributed by atoms with van der Waals surface area (Å²) in [7, 11) is -1.48. The minimum Gasteiger partial charge on any atom is -0.293 e. The van der Waals surface area contributed by atoms with E-state index in [4.69, 9.17) is 0 Å². The van der Waals surface area contributed by atoms with E-state index in [1.807, 2.05) is 66.9 Å². The number of para-hydroxylation sites is 1. The van der Waals surface area contributed by atoms with Gasteiger partial charge in [0.15, 0.2) is 9.84 Å². The topological polar surface area (TPSA) is 86.9 Å². The Kier molecular flexibility index (Phi) is 4.72. The molecule has 7 rings (SSSR count). The molecule has 0 radical (unpaired) electrons. The number of pyridine rings is 2. The van der Waals surface area contributed by atoms with Gasteiger partial charge in [-0.15, -0.1) is 0 Å². The van der Waals surface area contributed by atoms with Crippen molar-refractivity contribution in [1.29, 1.82) is 0 Å². The van der Waals surface area contributed by atoms with Crippen LogP contribution in [0.2, 0.25) is 0 Å². The van der Waals surface area contributed by atoms with Crippen molar-refractivity contribution in [1.82, 2.24) is 19.1 Å². The van der Waals surface area contributed by atoms with Crippen molar-refractivity contribution >= 4 is 42.7 Å². The highest BCUT2D eigenvalue weighted by atomic mass is 32.2. The molecule has 3 aromatic heterocycles. The van der Waals surface area contributed by atoms with Gasteiger partial charge >= 0.3 is 5.69 Å². The summed E-state index contributed by atoms with van der Waals surface area (Å²) in [6.45, 7) is 0. The van der Waals surface area contributed by atoms with Gasteiger partial charge in [0.1, 0.15) is 0 Å². The molecule has 3 heterocycles. The first-order valence-corrected chi connectivity index (χ1v) is 14.3. The number of aryl methyl sites for hydroxylation is 1. The SMILES string of the molecule is Cn1c(=O)n(-c2ccc(C3(S(C)(=O)=O)CC3)cc2)c2c3cc(-c4cnc5ccccc5c4)ccc3ncc21. The lowest BCUT2D eigenvalue weighted by molar-refractivity contribution is 0.586. The molecule has 1 aliphatic carbocycles. The smallest absolute Gasteiger partial charge is 0.293 e. The summed E-state index contributed by atoms with van der Waals surface area (Å²) in [4.78, 5) is 22.7. The second-order valence-electron chi connectivity index (χ2n) is 10.1. The Morgan fingerprint density at radius 2 is 1.58 bits per heavy atom. The van der Waals surface area contributed by atoms with Crippen LogP contribution in [0.4, 0.5) is 0 Å². The van der Waals surface area contributed by atoms with Gasteiger partial charge in [-0.2, -0.15) is 0 Å². The Hall–Kier alpha value is -4.30. The lowest BCUT2D eigenvalue weighted by Crippen LogP contribution is -2.21. The van der Waals surface area contributed by atoms with Crippen molar-refractivity contribution in [2.45, 2.75) is 17.6 Å². The van der Waals surface area contributed by atoms with Crippen molar-refractivity contribution < 1.29 is 8.42 Å². The van der Waals surface area contributed by atoms with Crippen LogP contribution >= 0.6 is 0 Å². The molecule has 6 aromatic rings. The fourth-order valence-corrected chi connectivity index (χ4v) is 6.95. The number of aromatic nitrogens is 4. The summed E-state index contributed by atoms with van der Waals surface area (Å²) in [5.74, 6) is 0. The first-order valence-electron chi connectivity index (χ1n) is 12.4. The van der Waals surface area contributed by atoms with E-state index in [9.17, 15) is 13.2 Å². The van der Waals surface area contributed by atoms with Gasteiger partial charge < -0.3 is 0 Å². The van der Waals surface area contributed by atoms with Gasteiger partial charge in [0, 0.05) is 35.8 Å². The maximum absolute atomic E-state index is 13.5. The van der Waals surface area contributed by atoms with Gasteiger partial charge in [-0.1, -0.05) is 36.4 Å². The predicted molar refractivity (Wildman–Crippen MR) is 150 cm³/mol. The van der Waals surface area contributed by atoms with Gasteiger partial charge in [0.2, 0.25) is 0 Å². The largest absolute Gasteiger partial charge is 0.333 e. The maximum Gasteiger partial charge on any atom is 0.333 e. The number of imidazole rings is 1. The molecule has 188 valence electrons. The molecule has 0 aliphatic heterocycles. The average Bonchev–Trinajstić information content (AvgIpc) is 3.71. The molecule has 0 amide bonds. The third-order valence-corrected chi connectivity index (χ3v) is 9.94. The minimum absolute atomic E-state index is 0.191. The van der Waals surface area contributed by atoms with Crippen LogP contribution in [-0.2, 0) is 21.6 Å². The van der Waals surface area contributed by atoms with E-state index in [1.54, 1.807) is 22.4 Å². The summed E-state index contributed by atoms with van der Waals surface area (Å²) in [6, 6.07) is 23.5. The summed E-state index contributed by atoms with van der Waals surface area (Å²) in [5.41, 5.74) is 6.41. The molecule has 1 fully saturated rings. The Morgan fingerprint density at radius 3 is 2.32 bits per heavy atom. The van der Waals surface area contributed by atoms with Gasteiger partial charge in [0.05, 0.1) is 38.7 Å². The fourth-order valence-electron chi connectivity index (χ4n) is 5.55. The van der Waals surface area contributed by atoms with Crippen LogP contribution in [0.3, 0.4) is 0 Å². The van der Waals surface area contributed by atoms with Crippen molar-refractivity contribution in [2.24, 2.45) is 7.05 Å². The fraction of sp³-hybridized carbons (Fsp3) is 0.167. The second kappa shape index (κ2) is 7.85. The molecule has 8 heteroatoms. The normalized spacial score (nSPS) is 14.9. The number of benzene rings is 3. The highest BCUT2D eigenvalue weighted by Crippen LogP contribution is 2.52. The third-order valence-electron chi connectivity index (χ3n) is 7.87. The van der Waals surface area contributed by atoms with Crippen LogP contribution in [0.25, 0.3) is 49.7 Å². The molecule has 7 nitrogen and oxygen atoms in total. The zero-order chi connectivity index (χ0) is 26.2. The van der Waals surface area contributed by atoms with Gasteiger partial charge in [-0.25, -0.2) is 13.2 Å². The van der Waals surface area contributed by atoms with E-state index in [0.29, 0.717) is 18.5 Å². The molecular formula is C30H24N4O3S. The highest BCUT2D eigenvalue weighted by molar-refractivity contribution is 7.92. The first-order chi connectivity index (χ1) is 18.3. The highest BCUT2D eigenvalue weighted by Gasteiger charge is 2.53. The van der Waals surface area contributed by atoms with E-state index in [-0.39, 0.29) is 5.69 Å². The van der Waals surface area contributed by atoms with Gasteiger partial charge in [-0.05, 0) is 60.4 Å². The lowest BCUT2D eigenvalue weighted by Gasteiger charge is -2.14. The molecular weight excluding hydrogens is 496 g/mol. The molecule has 0 bridgehead atoms. The molecule has 3 aromatic carbocycles. The third kappa shape index (κ3) is 3.26. The van der Waals surface area contributed by atoms with Gasteiger partial charge in [-0.3, -0.25) is 19.1 Å². The summed E-state index contributed by atoms with van der Waals surface area (Å²) in [6.07, 6.45) is 6.14. The zero-order valence-corrected chi connectivity index (χ0v) is 21.7. The molecule has 38 heavy (non-hydrogen) atoms. The lowest BCUT2D eigenvalue weighted by atomic mass is 10.0. The Bertz CT molecular complexity index is 2090. The van der Waals surface area contributed by atoms with E-state index < -0.39 is 14.6 Å². The molecule has 0 unspecified atom stereocenters. The van der Waals surface area contributed by atoms with E-state index >= 15 is 0 Å².